The van der Waals surface area contributed by atoms with E-state index in [0.717, 1.165) is 36.4 Å². The number of aliphatic imine (C=N–C) groups is 1. The SMILES string of the molecule is CCNC(=NCc1ccc(S(=O)(=O)N2CCCCC2)cc1)NCc1ncc(C)s1.I. The van der Waals surface area contributed by atoms with Crippen LogP contribution in [-0.4, -0.2) is 43.3 Å². The van der Waals surface area contributed by atoms with Crippen LogP contribution in [0.25, 0.3) is 0 Å². The molecule has 1 fully saturated rings. The van der Waals surface area contributed by atoms with Gasteiger partial charge < -0.3 is 10.6 Å². The average Bonchev–Trinajstić information content (AvgIpc) is 3.16. The Hall–Kier alpha value is -1.24. The van der Waals surface area contributed by atoms with Gasteiger partial charge in [0, 0.05) is 30.7 Å². The summed E-state index contributed by atoms with van der Waals surface area (Å²) in [4.78, 5) is 10.5. The number of aryl methyl sites for hydroxylation is 1. The van der Waals surface area contributed by atoms with Gasteiger partial charge >= 0.3 is 0 Å². The topological polar surface area (TPSA) is 86.7 Å². The molecule has 166 valence electrons. The monoisotopic (exact) mass is 563 g/mol. The molecule has 2 aromatic rings. The summed E-state index contributed by atoms with van der Waals surface area (Å²) in [6.45, 7) is 7.14. The number of thiazole rings is 1. The van der Waals surface area contributed by atoms with E-state index in [0.29, 0.717) is 37.0 Å². The summed E-state index contributed by atoms with van der Waals surface area (Å²) in [7, 11) is -3.39. The van der Waals surface area contributed by atoms with Crippen LogP contribution in [-0.2, 0) is 23.1 Å². The first-order chi connectivity index (χ1) is 14.0. The number of hydrogen-bond donors (Lipinski definition) is 2. The maximum absolute atomic E-state index is 12.7. The number of benzene rings is 1. The van der Waals surface area contributed by atoms with Gasteiger partial charge in [0.05, 0.1) is 18.0 Å². The number of nitrogens with zero attached hydrogens (tertiary/aromatic N) is 3. The van der Waals surface area contributed by atoms with E-state index in [1.807, 2.05) is 32.2 Å². The maximum atomic E-state index is 12.7. The highest BCUT2D eigenvalue weighted by atomic mass is 127. The van der Waals surface area contributed by atoms with Crippen molar-refractivity contribution in [3.8, 4) is 0 Å². The van der Waals surface area contributed by atoms with Gasteiger partial charge in [-0.3, -0.25) is 0 Å². The van der Waals surface area contributed by atoms with Crippen LogP contribution in [0.1, 0.15) is 41.6 Å². The average molecular weight is 564 g/mol. The summed E-state index contributed by atoms with van der Waals surface area (Å²) in [5, 5.41) is 7.52. The zero-order valence-electron chi connectivity index (χ0n) is 17.4. The van der Waals surface area contributed by atoms with Crippen molar-refractivity contribution in [2.24, 2.45) is 4.99 Å². The highest BCUT2D eigenvalue weighted by molar-refractivity contribution is 14.0. The zero-order chi connectivity index (χ0) is 20.7. The Labute approximate surface area is 200 Å². The Morgan fingerprint density at radius 2 is 1.87 bits per heavy atom. The van der Waals surface area contributed by atoms with Crippen LogP contribution in [0.3, 0.4) is 0 Å². The van der Waals surface area contributed by atoms with E-state index in [1.54, 1.807) is 27.8 Å². The number of nitrogens with one attached hydrogen (secondary N) is 2. The number of guanidine groups is 1. The van der Waals surface area contributed by atoms with E-state index < -0.39 is 10.0 Å². The first-order valence-electron chi connectivity index (χ1n) is 10.0. The van der Waals surface area contributed by atoms with E-state index in [2.05, 4.69) is 20.6 Å². The molecule has 0 spiro atoms. The maximum Gasteiger partial charge on any atom is 0.243 e. The van der Waals surface area contributed by atoms with Gasteiger partial charge in [-0.25, -0.2) is 18.4 Å². The zero-order valence-corrected chi connectivity index (χ0v) is 21.4. The molecule has 1 aliphatic heterocycles. The number of halogens is 1. The van der Waals surface area contributed by atoms with Crippen molar-refractivity contribution in [1.82, 2.24) is 19.9 Å². The lowest BCUT2D eigenvalue weighted by Gasteiger charge is -2.25. The second kappa shape index (κ2) is 12.0. The van der Waals surface area contributed by atoms with E-state index in [-0.39, 0.29) is 24.0 Å². The first kappa shape index (κ1) is 25.0. The Morgan fingerprint density at radius 1 is 1.17 bits per heavy atom. The summed E-state index contributed by atoms with van der Waals surface area (Å²) >= 11 is 1.66. The minimum absolute atomic E-state index is 0. The Morgan fingerprint density at radius 3 is 2.47 bits per heavy atom. The van der Waals surface area contributed by atoms with Gasteiger partial charge in [0.15, 0.2) is 5.96 Å². The molecule has 0 amide bonds. The van der Waals surface area contributed by atoms with E-state index in [4.69, 9.17) is 0 Å². The highest BCUT2D eigenvalue weighted by Gasteiger charge is 2.25. The third-order valence-electron chi connectivity index (χ3n) is 4.72. The largest absolute Gasteiger partial charge is 0.357 e. The molecule has 1 aliphatic rings. The van der Waals surface area contributed by atoms with Crippen molar-refractivity contribution in [3.05, 3.63) is 45.9 Å². The molecule has 2 heterocycles. The molecule has 0 bridgehead atoms. The van der Waals surface area contributed by atoms with Crippen LogP contribution in [0.2, 0.25) is 0 Å². The summed E-state index contributed by atoms with van der Waals surface area (Å²) in [5.74, 6) is 0.713. The highest BCUT2D eigenvalue weighted by Crippen LogP contribution is 2.21. The van der Waals surface area contributed by atoms with Crippen LogP contribution < -0.4 is 10.6 Å². The lowest BCUT2D eigenvalue weighted by atomic mass is 10.2. The van der Waals surface area contributed by atoms with E-state index >= 15 is 0 Å². The number of aromatic nitrogens is 1. The third kappa shape index (κ3) is 6.89. The molecule has 7 nitrogen and oxygen atoms in total. The molecule has 10 heteroatoms. The minimum atomic E-state index is -3.39. The van der Waals surface area contributed by atoms with Gasteiger partial charge in [-0.05, 0) is 44.4 Å². The summed E-state index contributed by atoms with van der Waals surface area (Å²) < 4.78 is 27.1. The lowest BCUT2D eigenvalue weighted by molar-refractivity contribution is 0.346. The molecule has 0 unspecified atom stereocenters. The van der Waals surface area contributed by atoms with Gasteiger partial charge in [-0.2, -0.15) is 4.31 Å². The second-order valence-corrected chi connectivity index (χ2v) is 10.3. The van der Waals surface area contributed by atoms with Crippen molar-refractivity contribution >= 4 is 51.3 Å². The van der Waals surface area contributed by atoms with Crippen molar-refractivity contribution in [2.75, 3.05) is 19.6 Å². The molecule has 0 atom stereocenters. The van der Waals surface area contributed by atoms with Crippen molar-refractivity contribution in [2.45, 2.75) is 51.1 Å². The Balaban J connectivity index is 0.00000320. The fourth-order valence-corrected chi connectivity index (χ4v) is 5.42. The molecule has 1 aromatic heterocycles. The number of sulfonamides is 1. The molecule has 1 saturated heterocycles. The van der Waals surface area contributed by atoms with E-state index in [9.17, 15) is 8.42 Å². The molecule has 0 aliphatic carbocycles. The van der Waals surface area contributed by atoms with Crippen LogP contribution in [0.15, 0.2) is 40.4 Å². The molecule has 2 N–H and O–H groups in total. The Bertz CT molecular complexity index is 923. The predicted octanol–water partition coefficient (Wildman–Crippen LogP) is 3.50. The minimum Gasteiger partial charge on any atom is -0.357 e. The molecule has 0 radical (unpaired) electrons. The normalized spacial score (nSPS) is 15.5. The summed E-state index contributed by atoms with van der Waals surface area (Å²) in [5.41, 5.74) is 0.963. The van der Waals surface area contributed by atoms with Gasteiger partial charge in [0.25, 0.3) is 0 Å². The number of rotatable bonds is 7. The third-order valence-corrected chi connectivity index (χ3v) is 7.54. The molecular formula is C20H30IN5O2S2. The fraction of sp³-hybridized carbons (Fsp3) is 0.500. The number of hydrogen-bond acceptors (Lipinski definition) is 5. The van der Waals surface area contributed by atoms with Crippen LogP contribution in [0.5, 0.6) is 0 Å². The van der Waals surface area contributed by atoms with Crippen LogP contribution in [0, 0.1) is 6.92 Å². The summed E-state index contributed by atoms with van der Waals surface area (Å²) in [6.07, 6.45) is 4.85. The molecule has 0 saturated carbocycles. The number of piperidine rings is 1. The molecular weight excluding hydrogens is 533 g/mol. The van der Waals surface area contributed by atoms with Gasteiger partial charge in [-0.1, -0.05) is 18.6 Å². The van der Waals surface area contributed by atoms with Gasteiger partial charge in [-0.15, -0.1) is 35.3 Å². The molecule has 30 heavy (non-hydrogen) atoms. The predicted molar refractivity (Wildman–Crippen MR) is 133 cm³/mol. The van der Waals surface area contributed by atoms with Crippen LogP contribution in [0.4, 0.5) is 0 Å². The van der Waals surface area contributed by atoms with Crippen molar-refractivity contribution in [1.29, 1.82) is 0 Å². The quantitative estimate of drug-likeness (QED) is 0.306. The molecule has 1 aromatic carbocycles. The molecule has 3 rings (SSSR count). The van der Waals surface area contributed by atoms with Crippen molar-refractivity contribution < 1.29 is 8.42 Å². The standard InChI is InChI=1S/C20H29N5O2S2.HI/c1-3-21-20(24-15-19-22-13-16(2)28-19)23-14-17-7-9-18(10-8-17)29(26,27)25-11-5-4-6-12-25;/h7-10,13H,3-6,11-12,14-15H2,1-2H3,(H2,21,23,24);1H. The van der Waals surface area contributed by atoms with Gasteiger partial charge in [0.2, 0.25) is 10.0 Å². The van der Waals surface area contributed by atoms with E-state index in [1.165, 1.54) is 4.88 Å². The second-order valence-electron chi connectivity index (χ2n) is 7.02. The van der Waals surface area contributed by atoms with Crippen LogP contribution >= 0.6 is 35.3 Å². The van der Waals surface area contributed by atoms with Crippen molar-refractivity contribution in [3.63, 3.8) is 0 Å². The Kier molecular flexibility index (Phi) is 9.98. The smallest absolute Gasteiger partial charge is 0.243 e. The van der Waals surface area contributed by atoms with Gasteiger partial charge in [0.1, 0.15) is 5.01 Å². The summed E-state index contributed by atoms with van der Waals surface area (Å²) in [6, 6.07) is 7.06. The lowest BCUT2D eigenvalue weighted by Crippen LogP contribution is -2.36. The fourth-order valence-electron chi connectivity index (χ4n) is 3.18. The first-order valence-corrected chi connectivity index (χ1v) is 12.3.